The van der Waals surface area contributed by atoms with Gasteiger partial charge in [-0.3, -0.25) is 4.79 Å². The summed E-state index contributed by atoms with van der Waals surface area (Å²) in [7, 11) is 0. The number of hydrogen-bond donors (Lipinski definition) is 1. The van der Waals surface area contributed by atoms with Crippen molar-refractivity contribution in [2.75, 3.05) is 12.3 Å². The zero-order chi connectivity index (χ0) is 16.7. The number of carbonyl (C=O) groups excluding carboxylic acids is 1. The van der Waals surface area contributed by atoms with Gasteiger partial charge in [-0.25, -0.2) is 0 Å². The minimum atomic E-state index is 0.0287. The van der Waals surface area contributed by atoms with Crippen molar-refractivity contribution in [3.63, 3.8) is 0 Å². The fourth-order valence-corrected chi connectivity index (χ4v) is 3.73. The van der Waals surface area contributed by atoms with Crippen LogP contribution in [0.5, 0.6) is 0 Å². The standard InChI is InChI=1S/C18H19Cl2NOS/c1-13(14-6-3-2-4-7-14)10-21-18(22)12-23-11-15-16(19)8-5-9-17(15)20/h2-9,13H,10-12H2,1H3,(H,21,22)/t13-/m1/s1. The van der Waals surface area contributed by atoms with Crippen molar-refractivity contribution in [2.45, 2.75) is 18.6 Å². The first kappa shape index (κ1) is 18.2. The van der Waals surface area contributed by atoms with E-state index in [2.05, 4.69) is 24.4 Å². The normalized spacial score (nSPS) is 12.0. The van der Waals surface area contributed by atoms with E-state index in [1.165, 1.54) is 17.3 Å². The quantitative estimate of drug-likeness (QED) is 0.733. The second-order valence-electron chi connectivity index (χ2n) is 5.31. The molecular formula is C18H19Cl2NOS. The van der Waals surface area contributed by atoms with Crippen LogP contribution in [0.4, 0.5) is 0 Å². The van der Waals surface area contributed by atoms with Crippen molar-refractivity contribution in [1.82, 2.24) is 5.32 Å². The Kier molecular flexibility index (Phi) is 7.28. The Morgan fingerprint density at radius 2 is 1.74 bits per heavy atom. The molecule has 5 heteroatoms. The lowest BCUT2D eigenvalue weighted by Gasteiger charge is -2.13. The molecule has 0 aliphatic rings. The molecule has 0 spiro atoms. The van der Waals surface area contributed by atoms with Gasteiger partial charge in [-0.2, -0.15) is 0 Å². The van der Waals surface area contributed by atoms with Crippen molar-refractivity contribution in [1.29, 1.82) is 0 Å². The molecule has 122 valence electrons. The summed E-state index contributed by atoms with van der Waals surface area (Å²) in [5, 5.41) is 4.25. The number of carbonyl (C=O) groups is 1. The van der Waals surface area contributed by atoms with Crippen molar-refractivity contribution in [2.24, 2.45) is 0 Å². The maximum Gasteiger partial charge on any atom is 0.230 e. The van der Waals surface area contributed by atoms with Crippen molar-refractivity contribution in [3.8, 4) is 0 Å². The van der Waals surface area contributed by atoms with Gasteiger partial charge in [-0.15, -0.1) is 11.8 Å². The summed E-state index contributed by atoms with van der Waals surface area (Å²) in [6.45, 7) is 2.74. The van der Waals surface area contributed by atoms with Crippen LogP contribution in [0, 0.1) is 0 Å². The molecule has 0 unspecified atom stereocenters. The number of halogens is 2. The van der Waals surface area contributed by atoms with Crippen LogP contribution in [-0.2, 0) is 10.5 Å². The third kappa shape index (κ3) is 5.76. The van der Waals surface area contributed by atoms with E-state index in [1.807, 2.05) is 36.4 Å². The smallest absolute Gasteiger partial charge is 0.230 e. The molecule has 0 fully saturated rings. The zero-order valence-corrected chi connectivity index (χ0v) is 15.2. The highest BCUT2D eigenvalue weighted by Crippen LogP contribution is 2.28. The Hall–Kier alpha value is -1.16. The fraction of sp³-hybridized carbons (Fsp3) is 0.278. The first-order valence-electron chi connectivity index (χ1n) is 7.40. The lowest BCUT2D eigenvalue weighted by molar-refractivity contribution is -0.118. The van der Waals surface area contributed by atoms with Gasteiger partial charge >= 0.3 is 0 Å². The van der Waals surface area contributed by atoms with E-state index < -0.39 is 0 Å². The molecule has 0 heterocycles. The van der Waals surface area contributed by atoms with Crippen LogP contribution < -0.4 is 5.32 Å². The summed E-state index contributed by atoms with van der Waals surface area (Å²) in [6.07, 6.45) is 0. The van der Waals surface area contributed by atoms with Crippen LogP contribution in [0.1, 0.15) is 24.0 Å². The van der Waals surface area contributed by atoms with E-state index in [1.54, 1.807) is 0 Å². The summed E-state index contributed by atoms with van der Waals surface area (Å²) in [6, 6.07) is 15.6. The number of hydrogen-bond acceptors (Lipinski definition) is 2. The molecule has 0 aliphatic carbocycles. The Labute approximate surface area is 151 Å². The first-order valence-corrected chi connectivity index (χ1v) is 9.31. The monoisotopic (exact) mass is 367 g/mol. The van der Waals surface area contributed by atoms with E-state index in [-0.39, 0.29) is 5.91 Å². The van der Waals surface area contributed by atoms with Crippen LogP contribution in [-0.4, -0.2) is 18.2 Å². The summed E-state index contributed by atoms with van der Waals surface area (Å²) in [5.74, 6) is 1.34. The van der Waals surface area contributed by atoms with E-state index in [9.17, 15) is 4.79 Å². The van der Waals surface area contributed by atoms with Gasteiger partial charge in [-0.05, 0) is 29.2 Å². The molecule has 23 heavy (non-hydrogen) atoms. The number of nitrogens with one attached hydrogen (secondary N) is 1. The van der Waals surface area contributed by atoms with Gasteiger partial charge in [0, 0.05) is 22.3 Å². The third-order valence-corrected chi connectivity index (χ3v) is 5.18. The summed E-state index contributed by atoms with van der Waals surface area (Å²) < 4.78 is 0. The van der Waals surface area contributed by atoms with Gasteiger partial charge in [0.25, 0.3) is 0 Å². The average molecular weight is 368 g/mol. The highest BCUT2D eigenvalue weighted by molar-refractivity contribution is 7.99. The Morgan fingerprint density at radius 1 is 1.09 bits per heavy atom. The van der Waals surface area contributed by atoms with Crippen molar-refractivity contribution < 1.29 is 4.79 Å². The predicted octanol–water partition coefficient (Wildman–Crippen LogP) is 5.15. The molecule has 0 aliphatic heterocycles. The van der Waals surface area contributed by atoms with Gasteiger partial charge in [0.15, 0.2) is 0 Å². The van der Waals surface area contributed by atoms with E-state index in [4.69, 9.17) is 23.2 Å². The lowest BCUT2D eigenvalue weighted by Crippen LogP contribution is -2.29. The van der Waals surface area contributed by atoms with Gasteiger partial charge in [0.2, 0.25) is 5.91 Å². The summed E-state index contributed by atoms with van der Waals surface area (Å²) in [5.41, 5.74) is 2.11. The van der Waals surface area contributed by atoms with E-state index in [0.717, 1.165) is 5.56 Å². The third-order valence-electron chi connectivity index (χ3n) is 3.52. The molecule has 0 bridgehead atoms. The summed E-state index contributed by atoms with van der Waals surface area (Å²) >= 11 is 13.7. The average Bonchev–Trinajstić information content (AvgIpc) is 2.56. The number of amides is 1. The van der Waals surface area contributed by atoms with Crippen LogP contribution >= 0.6 is 35.0 Å². The van der Waals surface area contributed by atoms with Crippen molar-refractivity contribution in [3.05, 3.63) is 69.7 Å². The van der Waals surface area contributed by atoms with Gasteiger partial charge in [0.1, 0.15) is 0 Å². The SMILES string of the molecule is C[C@H](CNC(=O)CSCc1c(Cl)cccc1Cl)c1ccccc1. The Morgan fingerprint density at radius 3 is 2.39 bits per heavy atom. The molecule has 0 saturated heterocycles. The highest BCUT2D eigenvalue weighted by atomic mass is 35.5. The minimum absolute atomic E-state index is 0.0287. The Bertz CT molecular complexity index is 628. The zero-order valence-electron chi connectivity index (χ0n) is 12.9. The molecular weight excluding hydrogens is 349 g/mol. The van der Waals surface area contributed by atoms with Crippen LogP contribution in [0.2, 0.25) is 10.0 Å². The highest BCUT2D eigenvalue weighted by Gasteiger charge is 2.09. The molecule has 0 saturated carbocycles. The molecule has 0 radical (unpaired) electrons. The fourth-order valence-electron chi connectivity index (χ4n) is 2.13. The maximum atomic E-state index is 11.9. The molecule has 0 aromatic heterocycles. The number of thioether (sulfide) groups is 1. The number of rotatable bonds is 7. The van der Waals surface area contributed by atoms with Crippen LogP contribution in [0.15, 0.2) is 48.5 Å². The van der Waals surface area contributed by atoms with E-state index >= 15 is 0 Å². The predicted molar refractivity (Wildman–Crippen MR) is 100 cm³/mol. The molecule has 2 aromatic carbocycles. The van der Waals surface area contributed by atoms with E-state index in [0.29, 0.717) is 34.0 Å². The summed E-state index contributed by atoms with van der Waals surface area (Å²) in [4.78, 5) is 11.9. The molecule has 1 atom stereocenters. The first-order chi connectivity index (χ1) is 11.1. The van der Waals surface area contributed by atoms with Gasteiger partial charge < -0.3 is 5.32 Å². The van der Waals surface area contributed by atoms with Gasteiger partial charge in [0.05, 0.1) is 5.75 Å². The second kappa shape index (κ2) is 9.21. The molecule has 2 aromatic rings. The topological polar surface area (TPSA) is 29.1 Å². The second-order valence-corrected chi connectivity index (χ2v) is 7.11. The van der Waals surface area contributed by atoms with Crippen LogP contribution in [0.3, 0.4) is 0 Å². The molecule has 2 nitrogen and oxygen atoms in total. The molecule has 2 rings (SSSR count). The minimum Gasteiger partial charge on any atom is -0.355 e. The largest absolute Gasteiger partial charge is 0.355 e. The maximum absolute atomic E-state index is 11.9. The van der Waals surface area contributed by atoms with Gasteiger partial charge in [-0.1, -0.05) is 66.5 Å². The van der Waals surface area contributed by atoms with Crippen molar-refractivity contribution >= 4 is 40.9 Å². The molecule has 1 amide bonds. The number of benzene rings is 2. The molecule has 1 N–H and O–H groups in total. The Balaban J connectivity index is 1.73. The van der Waals surface area contributed by atoms with Crippen LogP contribution in [0.25, 0.3) is 0 Å². The lowest BCUT2D eigenvalue weighted by atomic mass is 10.0.